The van der Waals surface area contributed by atoms with Gasteiger partial charge in [-0.25, -0.2) is 0 Å². The summed E-state index contributed by atoms with van der Waals surface area (Å²) in [5.74, 6) is 1.31. The molecule has 0 radical (unpaired) electrons. The van der Waals surface area contributed by atoms with Crippen molar-refractivity contribution in [2.75, 3.05) is 0 Å². The van der Waals surface area contributed by atoms with Crippen LogP contribution in [0.2, 0.25) is 0 Å². The van der Waals surface area contributed by atoms with Crippen LogP contribution in [-0.4, -0.2) is 0 Å². The zero-order chi connectivity index (χ0) is 29.8. The molecule has 0 bridgehead atoms. The topological polar surface area (TPSA) is 0 Å². The van der Waals surface area contributed by atoms with E-state index >= 15 is 0 Å². The van der Waals surface area contributed by atoms with Crippen molar-refractivity contribution in [1.29, 1.82) is 0 Å². The molecule has 0 nitrogen and oxygen atoms in total. The molecule has 2 aliphatic rings. The predicted octanol–water partition coefficient (Wildman–Crippen LogP) is 10.2. The Kier molecular flexibility index (Phi) is 12.7. The van der Waals surface area contributed by atoms with Gasteiger partial charge in [-0.15, -0.1) is 0 Å². The Labute approximate surface area is 250 Å². The van der Waals surface area contributed by atoms with Gasteiger partial charge in [-0.2, -0.15) is 0 Å². The van der Waals surface area contributed by atoms with Gasteiger partial charge in [0, 0.05) is 0 Å². The highest BCUT2D eigenvalue weighted by molar-refractivity contribution is 5.67. The Morgan fingerprint density at radius 2 is 1.54 bits per heavy atom. The number of fused-ring (bicyclic) bond motifs is 1. The first-order valence-corrected chi connectivity index (χ1v) is 16.0. The lowest BCUT2D eigenvalue weighted by molar-refractivity contribution is 0.722. The van der Waals surface area contributed by atoms with Crippen LogP contribution in [-0.2, 0) is 19.3 Å². The van der Waals surface area contributed by atoms with Crippen molar-refractivity contribution in [2.45, 2.75) is 92.4 Å². The fourth-order valence-corrected chi connectivity index (χ4v) is 5.75. The second kappa shape index (κ2) is 16.2. The summed E-state index contributed by atoms with van der Waals surface area (Å²) in [6.45, 7) is 21.2. The Hall–Kier alpha value is -3.38. The molecular weight excluding hydrogens is 492 g/mol. The average molecular weight is 545 g/mol. The van der Waals surface area contributed by atoms with Gasteiger partial charge in [0.1, 0.15) is 0 Å². The van der Waals surface area contributed by atoms with Crippen molar-refractivity contribution >= 4 is 18.7 Å². The van der Waals surface area contributed by atoms with Crippen LogP contribution in [0.15, 0.2) is 96.1 Å². The molecule has 216 valence electrons. The van der Waals surface area contributed by atoms with Gasteiger partial charge < -0.3 is 0 Å². The van der Waals surface area contributed by atoms with E-state index in [2.05, 4.69) is 106 Å². The molecule has 0 amide bonds. The molecule has 0 heteroatoms. The number of benzene rings is 3. The number of hydrogen-bond donors (Lipinski definition) is 0. The molecule has 1 unspecified atom stereocenters. The lowest BCUT2D eigenvalue weighted by Gasteiger charge is -2.26. The molecule has 0 aliphatic heterocycles. The van der Waals surface area contributed by atoms with Crippen LogP contribution in [0, 0.1) is 5.92 Å². The third-order valence-corrected chi connectivity index (χ3v) is 8.15. The summed E-state index contributed by atoms with van der Waals surface area (Å²) in [4.78, 5) is 0. The first kappa shape index (κ1) is 32.1. The maximum atomic E-state index is 4.43. The maximum absolute atomic E-state index is 4.43. The van der Waals surface area contributed by atoms with Crippen molar-refractivity contribution in [3.05, 3.63) is 134 Å². The van der Waals surface area contributed by atoms with E-state index in [1.165, 1.54) is 57.0 Å². The molecule has 3 aromatic rings. The first-order valence-electron chi connectivity index (χ1n) is 16.0. The van der Waals surface area contributed by atoms with Crippen molar-refractivity contribution in [3.63, 3.8) is 0 Å². The summed E-state index contributed by atoms with van der Waals surface area (Å²) in [7, 11) is 0. The lowest BCUT2D eigenvalue weighted by Crippen LogP contribution is -2.21. The lowest BCUT2D eigenvalue weighted by atomic mass is 9.78. The fraction of sp³-hybridized carbons (Fsp3) is 0.366. The van der Waals surface area contributed by atoms with Gasteiger partial charge in [-0.3, -0.25) is 0 Å². The molecular formula is C41H52. The summed E-state index contributed by atoms with van der Waals surface area (Å²) in [6.07, 6.45) is 15.0. The first-order chi connectivity index (χ1) is 20.0. The maximum Gasteiger partial charge on any atom is -0.0141 e. The molecule has 0 heterocycles. The van der Waals surface area contributed by atoms with Crippen molar-refractivity contribution < 1.29 is 0 Å². The molecule has 1 atom stereocenters. The fourth-order valence-electron chi connectivity index (χ4n) is 5.75. The van der Waals surface area contributed by atoms with Crippen LogP contribution in [0.3, 0.4) is 0 Å². The van der Waals surface area contributed by atoms with Crippen LogP contribution >= 0.6 is 0 Å². The second-order valence-electron chi connectivity index (χ2n) is 11.2. The Balaban J connectivity index is 0.00000111. The van der Waals surface area contributed by atoms with Gasteiger partial charge >= 0.3 is 0 Å². The van der Waals surface area contributed by atoms with Gasteiger partial charge in [-0.05, 0) is 113 Å². The number of aryl methyl sites for hydroxylation is 3. The van der Waals surface area contributed by atoms with E-state index in [9.17, 15) is 0 Å². The summed E-state index contributed by atoms with van der Waals surface area (Å²) >= 11 is 0. The summed E-state index contributed by atoms with van der Waals surface area (Å²) < 4.78 is 0. The smallest absolute Gasteiger partial charge is 0.0141 e. The van der Waals surface area contributed by atoms with E-state index in [4.69, 9.17) is 0 Å². The molecule has 5 rings (SSSR count). The monoisotopic (exact) mass is 544 g/mol. The normalized spacial score (nSPS) is 16.4. The van der Waals surface area contributed by atoms with Crippen LogP contribution in [0.4, 0.5) is 0 Å². The van der Waals surface area contributed by atoms with E-state index in [-0.39, 0.29) is 0 Å². The van der Waals surface area contributed by atoms with Crippen molar-refractivity contribution in [2.24, 2.45) is 5.92 Å². The van der Waals surface area contributed by atoms with Crippen molar-refractivity contribution in [1.82, 2.24) is 0 Å². The van der Waals surface area contributed by atoms with E-state index in [0.717, 1.165) is 43.2 Å². The summed E-state index contributed by atoms with van der Waals surface area (Å²) in [5, 5.41) is 2.27. The summed E-state index contributed by atoms with van der Waals surface area (Å²) in [6, 6.07) is 24.4. The van der Waals surface area contributed by atoms with E-state index in [1.807, 2.05) is 33.8 Å². The molecule has 0 spiro atoms. The molecule has 0 N–H and O–H groups in total. The highest BCUT2D eigenvalue weighted by atomic mass is 14.3. The molecule has 41 heavy (non-hydrogen) atoms. The third kappa shape index (κ3) is 9.06. The van der Waals surface area contributed by atoms with E-state index in [0.29, 0.717) is 5.92 Å². The third-order valence-electron chi connectivity index (χ3n) is 8.15. The highest BCUT2D eigenvalue weighted by Crippen LogP contribution is 2.45. The van der Waals surface area contributed by atoms with Gasteiger partial charge in [0.2, 0.25) is 0 Å². The summed E-state index contributed by atoms with van der Waals surface area (Å²) in [5.41, 5.74) is 11.7. The minimum Gasteiger partial charge on any atom is -0.0953 e. The van der Waals surface area contributed by atoms with Gasteiger partial charge in [0.25, 0.3) is 0 Å². The minimum atomic E-state index is 0.565. The van der Waals surface area contributed by atoms with E-state index < -0.39 is 0 Å². The zero-order valence-corrected chi connectivity index (χ0v) is 26.6. The van der Waals surface area contributed by atoms with Crippen LogP contribution in [0.5, 0.6) is 0 Å². The minimum absolute atomic E-state index is 0.565. The zero-order valence-electron chi connectivity index (χ0n) is 26.6. The Morgan fingerprint density at radius 3 is 2.24 bits per heavy atom. The van der Waals surface area contributed by atoms with Gasteiger partial charge in [0.15, 0.2) is 0 Å². The largest absolute Gasteiger partial charge is 0.0953 e. The SMILES string of the molecule is C=C(C1=Cc2cccc(CCc3cccc(CC/C(C)=C/C=c4/ccccc4=C)c3)c2C(C)C1)C1CC1.CC.CC. The van der Waals surface area contributed by atoms with Crippen LogP contribution < -0.4 is 10.4 Å². The number of hydrogen-bond acceptors (Lipinski definition) is 0. The molecule has 2 aliphatic carbocycles. The predicted molar refractivity (Wildman–Crippen MR) is 184 cm³/mol. The molecule has 0 saturated heterocycles. The van der Waals surface area contributed by atoms with Crippen LogP contribution in [0.1, 0.15) is 101 Å². The highest BCUT2D eigenvalue weighted by Gasteiger charge is 2.29. The van der Waals surface area contributed by atoms with Crippen LogP contribution in [0.25, 0.3) is 18.7 Å². The van der Waals surface area contributed by atoms with E-state index in [1.54, 1.807) is 5.56 Å². The standard InChI is InChI=1S/C37H40.2C2H6/c1-26(16-19-32-12-6-5-9-27(32)2)15-17-30-10-7-11-31(24-30)18-20-34-13-8-14-35-25-36(23-28(3)37(34)35)29(4)33-21-22-33;2*1-2/h5-14,16,19,24-25,28,33H,2,4,15,17-18,20-23H2,1,3H3;2*1-2H3/b26-16+,32-19-;;. The molecule has 1 fully saturated rings. The Morgan fingerprint density at radius 1 is 0.854 bits per heavy atom. The average Bonchev–Trinajstić information content (AvgIpc) is 3.86. The molecule has 1 saturated carbocycles. The quantitative estimate of drug-likeness (QED) is 0.251. The molecule has 0 aromatic heterocycles. The number of allylic oxidation sites excluding steroid dienone is 4. The van der Waals surface area contributed by atoms with Crippen molar-refractivity contribution in [3.8, 4) is 0 Å². The second-order valence-corrected chi connectivity index (χ2v) is 11.2. The molecule has 3 aromatic carbocycles. The van der Waals surface area contributed by atoms with Gasteiger partial charge in [-0.1, -0.05) is 138 Å². The Bertz CT molecular complexity index is 1460. The number of rotatable bonds is 9. The van der Waals surface area contributed by atoms with Gasteiger partial charge in [0.05, 0.1) is 0 Å².